The number of piperidine rings is 1. The predicted molar refractivity (Wildman–Crippen MR) is 102 cm³/mol. The lowest BCUT2D eigenvalue weighted by Crippen LogP contribution is -2.45. The number of carbonyl (C=O) groups is 1. The van der Waals surface area contributed by atoms with Gasteiger partial charge in [-0.3, -0.25) is 4.79 Å². The van der Waals surface area contributed by atoms with Crippen LogP contribution in [0.15, 0.2) is 42.5 Å². The van der Waals surface area contributed by atoms with Crippen LogP contribution in [0.1, 0.15) is 24.8 Å². The van der Waals surface area contributed by atoms with E-state index in [-0.39, 0.29) is 5.91 Å². The zero-order chi connectivity index (χ0) is 18.5. The van der Waals surface area contributed by atoms with E-state index in [9.17, 15) is 4.79 Å². The van der Waals surface area contributed by atoms with E-state index in [1.54, 1.807) is 6.07 Å². The number of hydrogen-bond donors (Lipinski definition) is 1. The molecule has 7 heteroatoms. The van der Waals surface area contributed by atoms with Crippen LogP contribution in [0.5, 0.6) is 0 Å². The summed E-state index contributed by atoms with van der Waals surface area (Å²) in [5.41, 5.74) is 1.15. The van der Waals surface area contributed by atoms with Crippen molar-refractivity contribution in [3.8, 4) is 0 Å². The predicted octanol–water partition coefficient (Wildman–Crippen LogP) is 2.39. The summed E-state index contributed by atoms with van der Waals surface area (Å²) in [7, 11) is 0. The number of nitrogens with zero attached hydrogens (tertiary/aromatic N) is 3. The van der Waals surface area contributed by atoms with E-state index in [1.807, 2.05) is 36.4 Å². The minimum absolute atomic E-state index is 0.0589. The summed E-state index contributed by atoms with van der Waals surface area (Å²) in [6.45, 7) is 2.99. The Kier molecular flexibility index (Phi) is 5.31. The molecular formula is C20H24N4O3. The lowest BCUT2D eigenvalue weighted by atomic mass is 10.0. The van der Waals surface area contributed by atoms with E-state index in [1.165, 1.54) is 0 Å². The van der Waals surface area contributed by atoms with Crippen molar-refractivity contribution in [3.63, 3.8) is 0 Å². The van der Waals surface area contributed by atoms with Crippen LogP contribution < -0.4 is 10.2 Å². The molecule has 0 aliphatic carbocycles. The van der Waals surface area contributed by atoms with E-state index in [2.05, 4.69) is 20.4 Å². The molecule has 27 heavy (non-hydrogen) atoms. The first-order valence-electron chi connectivity index (χ1n) is 9.43. The van der Waals surface area contributed by atoms with Gasteiger partial charge in [0, 0.05) is 32.4 Å². The lowest BCUT2D eigenvalue weighted by Gasteiger charge is -2.37. The SMILES string of the molecule is O=C(CCc1ccccc1)Nc1ccc(N2CCC3(CC2)OCCO3)nn1. The number of aromatic nitrogens is 2. The summed E-state index contributed by atoms with van der Waals surface area (Å²) in [4.78, 5) is 14.3. The topological polar surface area (TPSA) is 76.6 Å². The molecule has 1 aromatic heterocycles. The second kappa shape index (κ2) is 8.02. The van der Waals surface area contributed by atoms with Gasteiger partial charge < -0.3 is 19.7 Å². The van der Waals surface area contributed by atoms with Gasteiger partial charge in [0.15, 0.2) is 17.4 Å². The van der Waals surface area contributed by atoms with Crippen LogP contribution in [0, 0.1) is 0 Å². The van der Waals surface area contributed by atoms with Gasteiger partial charge in [0.1, 0.15) is 0 Å². The number of anilines is 2. The maximum absolute atomic E-state index is 12.1. The molecule has 2 fully saturated rings. The number of rotatable bonds is 5. The van der Waals surface area contributed by atoms with Gasteiger partial charge in [-0.1, -0.05) is 30.3 Å². The molecule has 7 nitrogen and oxygen atoms in total. The highest BCUT2D eigenvalue weighted by atomic mass is 16.7. The van der Waals surface area contributed by atoms with Crippen molar-refractivity contribution in [3.05, 3.63) is 48.0 Å². The molecule has 0 bridgehead atoms. The molecule has 0 atom stereocenters. The summed E-state index contributed by atoms with van der Waals surface area (Å²) in [5, 5.41) is 11.2. The second-order valence-electron chi connectivity index (χ2n) is 6.91. The van der Waals surface area contributed by atoms with Crippen molar-refractivity contribution in [2.24, 2.45) is 0 Å². The molecule has 0 unspecified atom stereocenters. The normalized spacial score (nSPS) is 18.6. The maximum atomic E-state index is 12.1. The first-order valence-corrected chi connectivity index (χ1v) is 9.43. The first-order chi connectivity index (χ1) is 13.2. The fourth-order valence-corrected chi connectivity index (χ4v) is 3.53. The Morgan fingerprint density at radius 1 is 1.04 bits per heavy atom. The number of hydrogen-bond acceptors (Lipinski definition) is 6. The maximum Gasteiger partial charge on any atom is 0.225 e. The van der Waals surface area contributed by atoms with E-state index >= 15 is 0 Å². The minimum Gasteiger partial charge on any atom is -0.355 e. The fraction of sp³-hybridized carbons (Fsp3) is 0.450. The van der Waals surface area contributed by atoms with Gasteiger partial charge in [0.05, 0.1) is 13.2 Å². The van der Waals surface area contributed by atoms with Gasteiger partial charge >= 0.3 is 0 Å². The molecular weight excluding hydrogens is 344 g/mol. The molecule has 1 amide bonds. The Labute approximate surface area is 158 Å². The standard InChI is InChI=1S/C20H24N4O3/c25-19(9-6-16-4-2-1-3-5-16)21-17-7-8-18(23-22-17)24-12-10-20(11-13-24)26-14-15-27-20/h1-5,7-8H,6,9-15H2,(H,21,22,25). The van der Waals surface area contributed by atoms with E-state index in [4.69, 9.17) is 9.47 Å². The Bertz CT molecular complexity index is 751. The Morgan fingerprint density at radius 2 is 1.78 bits per heavy atom. The first kappa shape index (κ1) is 17.9. The minimum atomic E-state index is -0.392. The zero-order valence-electron chi connectivity index (χ0n) is 15.3. The molecule has 1 N–H and O–H groups in total. The number of benzene rings is 1. The largest absolute Gasteiger partial charge is 0.355 e. The average Bonchev–Trinajstić information content (AvgIpc) is 3.16. The van der Waals surface area contributed by atoms with Crippen LogP contribution in [-0.2, 0) is 20.7 Å². The molecule has 2 saturated heterocycles. The fourth-order valence-electron chi connectivity index (χ4n) is 3.53. The summed E-state index contributed by atoms with van der Waals surface area (Å²) in [5.74, 6) is 0.839. The van der Waals surface area contributed by atoms with Crippen LogP contribution in [0.25, 0.3) is 0 Å². The number of ether oxygens (including phenoxy) is 2. The van der Waals surface area contributed by atoms with Gasteiger partial charge in [-0.05, 0) is 24.1 Å². The van der Waals surface area contributed by atoms with Gasteiger partial charge in [-0.15, -0.1) is 10.2 Å². The van der Waals surface area contributed by atoms with Crippen LogP contribution in [-0.4, -0.2) is 48.2 Å². The highest BCUT2D eigenvalue weighted by Crippen LogP contribution is 2.32. The van der Waals surface area contributed by atoms with Crippen molar-refractivity contribution in [1.29, 1.82) is 0 Å². The van der Waals surface area contributed by atoms with E-state index in [0.717, 1.165) is 37.3 Å². The molecule has 4 rings (SSSR count). The highest BCUT2D eigenvalue weighted by molar-refractivity contribution is 5.89. The van der Waals surface area contributed by atoms with Gasteiger partial charge in [0.2, 0.25) is 5.91 Å². The van der Waals surface area contributed by atoms with E-state index < -0.39 is 5.79 Å². The van der Waals surface area contributed by atoms with Crippen LogP contribution in [0.3, 0.4) is 0 Å². The molecule has 3 heterocycles. The third-order valence-electron chi connectivity index (χ3n) is 5.06. The average molecular weight is 368 g/mol. The summed E-state index contributed by atoms with van der Waals surface area (Å²) in [6, 6.07) is 13.7. The molecule has 142 valence electrons. The van der Waals surface area contributed by atoms with Crippen molar-refractivity contribution in [1.82, 2.24) is 10.2 Å². The molecule has 2 aromatic rings. The zero-order valence-corrected chi connectivity index (χ0v) is 15.3. The van der Waals surface area contributed by atoms with Crippen molar-refractivity contribution in [2.75, 3.05) is 36.5 Å². The molecule has 2 aliphatic rings. The van der Waals surface area contributed by atoms with Crippen LogP contribution in [0.4, 0.5) is 11.6 Å². The number of aryl methyl sites for hydroxylation is 1. The number of nitrogens with one attached hydrogen (secondary N) is 1. The smallest absolute Gasteiger partial charge is 0.225 e. The van der Waals surface area contributed by atoms with Gasteiger partial charge in [-0.2, -0.15) is 0 Å². The quantitative estimate of drug-likeness (QED) is 0.873. The molecule has 2 aliphatic heterocycles. The van der Waals surface area contributed by atoms with Crippen LogP contribution >= 0.6 is 0 Å². The summed E-state index contributed by atoms with van der Waals surface area (Å²) in [6.07, 6.45) is 2.78. The highest BCUT2D eigenvalue weighted by Gasteiger charge is 2.40. The third-order valence-corrected chi connectivity index (χ3v) is 5.06. The molecule has 0 radical (unpaired) electrons. The number of amides is 1. The monoisotopic (exact) mass is 368 g/mol. The molecule has 1 spiro atoms. The molecule has 0 saturated carbocycles. The Morgan fingerprint density at radius 3 is 2.44 bits per heavy atom. The molecule has 1 aromatic carbocycles. The Balaban J connectivity index is 1.27. The van der Waals surface area contributed by atoms with Gasteiger partial charge in [-0.25, -0.2) is 0 Å². The summed E-state index contributed by atoms with van der Waals surface area (Å²) < 4.78 is 11.5. The van der Waals surface area contributed by atoms with E-state index in [0.29, 0.717) is 31.9 Å². The van der Waals surface area contributed by atoms with Crippen molar-refractivity contribution in [2.45, 2.75) is 31.5 Å². The number of carbonyl (C=O) groups excluding carboxylic acids is 1. The van der Waals surface area contributed by atoms with Crippen molar-refractivity contribution < 1.29 is 14.3 Å². The second-order valence-corrected chi connectivity index (χ2v) is 6.91. The lowest BCUT2D eigenvalue weighted by molar-refractivity contribution is -0.169. The van der Waals surface area contributed by atoms with Crippen LogP contribution in [0.2, 0.25) is 0 Å². The van der Waals surface area contributed by atoms with Crippen molar-refractivity contribution >= 4 is 17.5 Å². The Hall–Kier alpha value is -2.51. The third kappa shape index (κ3) is 4.43. The van der Waals surface area contributed by atoms with Gasteiger partial charge in [0.25, 0.3) is 0 Å². The summed E-state index contributed by atoms with van der Waals surface area (Å²) >= 11 is 0.